The summed E-state index contributed by atoms with van der Waals surface area (Å²) in [5.74, 6) is 0. The number of alkyl carbamates (subject to hydrolysis) is 1. The Balaban J connectivity index is 2.21. The number of rotatable bonds is 5. The number of nitrogens with one attached hydrogen (secondary N) is 2. The van der Waals surface area contributed by atoms with Crippen LogP contribution in [0.5, 0.6) is 0 Å². The number of carbonyl (C=O) groups is 1. The molecule has 0 aromatic carbocycles. The number of amides is 1. The maximum Gasteiger partial charge on any atom is 0.407 e. The van der Waals surface area contributed by atoms with Gasteiger partial charge in [0.05, 0.1) is 0 Å². The molecular weight excluding hydrogens is 254 g/mol. The van der Waals surface area contributed by atoms with E-state index in [9.17, 15) is 4.79 Å². The van der Waals surface area contributed by atoms with Crippen molar-refractivity contribution in [3.05, 3.63) is 0 Å². The topological polar surface area (TPSA) is 53.6 Å². The molecule has 1 aliphatic heterocycles. The van der Waals surface area contributed by atoms with Gasteiger partial charge in [-0.25, -0.2) is 4.79 Å². The van der Waals surface area contributed by atoms with Gasteiger partial charge in [-0.1, -0.05) is 0 Å². The van der Waals surface area contributed by atoms with Crippen molar-refractivity contribution in [2.45, 2.75) is 71.7 Å². The van der Waals surface area contributed by atoms with E-state index < -0.39 is 5.60 Å². The Labute approximate surface area is 123 Å². The second-order valence-corrected chi connectivity index (χ2v) is 7.03. The van der Waals surface area contributed by atoms with Crippen molar-refractivity contribution in [2.24, 2.45) is 0 Å². The van der Waals surface area contributed by atoms with Gasteiger partial charge in [-0.3, -0.25) is 4.90 Å². The van der Waals surface area contributed by atoms with Gasteiger partial charge in [-0.15, -0.1) is 0 Å². The normalized spacial score (nSPS) is 22.1. The highest BCUT2D eigenvalue weighted by atomic mass is 16.6. The molecule has 1 aliphatic rings. The van der Waals surface area contributed by atoms with Crippen LogP contribution < -0.4 is 10.6 Å². The Kier molecular flexibility index (Phi) is 6.27. The molecule has 1 fully saturated rings. The fourth-order valence-electron chi connectivity index (χ4n) is 2.33. The van der Waals surface area contributed by atoms with Crippen molar-refractivity contribution >= 4 is 6.09 Å². The Morgan fingerprint density at radius 2 is 2.00 bits per heavy atom. The number of nitrogens with zero attached hydrogens (tertiary/aromatic N) is 1. The minimum Gasteiger partial charge on any atom is -0.444 e. The van der Waals surface area contributed by atoms with Gasteiger partial charge in [0, 0.05) is 31.2 Å². The second-order valence-electron chi connectivity index (χ2n) is 7.03. The van der Waals surface area contributed by atoms with Gasteiger partial charge in [0.25, 0.3) is 0 Å². The van der Waals surface area contributed by atoms with E-state index in [1.54, 1.807) is 0 Å². The van der Waals surface area contributed by atoms with Crippen LogP contribution in [0.1, 0.15) is 48.0 Å². The zero-order valence-electron chi connectivity index (χ0n) is 13.8. The van der Waals surface area contributed by atoms with Gasteiger partial charge < -0.3 is 15.4 Å². The Morgan fingerprint density at radius 3 is 2.50 bits per heavy atom. The van der Waals surface area contributed by atoms with Crippen molar-refractivity contribution in [3.63, 3.8) is 0 Å². The predicted octanol–water partition coefficient (Wildman–Crippen LogP) is 1.97. The van der Waals surface area contributed by atoms with Crippen molar-refractivity contribution in [1.82, 2.24) is 15.5 Å². The SMILES string of the molecule is CC(CNC1CCN(C(C)C)C1)NC(=O)OC(C)(C)C. The Hall–Kier alpha value is -0.810. The fraction of sp³-hybridized carbons (Fsp3) is 0.933. The number of likely N-dealkylation sites (tertiary alicyclic amines) is 1. The molecule has 20 heavy (non-hydrogen) atoms. The maximum absolute atomic E-state index is 11.6. The zero-order valence-corrected chi connectivity index (χ0v) is 13.8. The molecule has 1 rings (SSSR count). The van der Waals surface area contributed by atoms with Gasteiger partial charge >= 0.3 is 6.09 Å². The van der Waals surface area contributed by atoms with Gasteiger partial charge in [0.1, 0.15) is 5.60 Å². The molecule has 0 aliphatic carbocycles. The molecule has 2 atom stereocenters. The van der Waals surface area contributed by atoms with E-state index in [-0.39, 0.29) is 12.1 Å². The van der Waals surface area contributed by atoms with Crippen LogP contribution in [0.2, 0.25) is 0 Å². The average Bonchev–Trinajstić information content (AvgIpc) is 2.72. The van der Waals surface area contributed by atoms with Crippen LogP contribution in [-0.4, -0.2) is 54.4 Å². The standard InChI is InChI=1S/C15H31N3O2/c1-11(2)18-8-7-13(10-18)16-9-12(3)17-14(19)20-15(4,5)6/h11-13,16H,7-10H2,1-6H3,(H,17,19). The molecular formula is C15H31N3O2. The lowest BCUT2D eigenvalue weighted by atomic mass is 10.2. The van der Waals surface area contributed by atoms with Crippen LogP contribution in [0.4, 0.5) is 4.79 Å². The van der Waals surface area contributed by atoms with Gasteiger partial charge in [-0.2, -0.15) is 0 Å². The molecule has 0 saturated carbocycles. The van der Waals surface area contributed by atoms with Crippen LogP contribution >= 0.6 is 0 Å². The monoisotopic (exact) mass is 285 g/mol. The van der Waals surface area contributed by atoms with E-state index in [1.165, 1.54) is 6.42 Å². The van der Waals surface area contributed by atoms with E-state index in [0.29, 0.717) is 12.1 Å². The van der Waals surface area contributed by atoms with Gasteiger partial charge in [0.15, 0.2) is 0 Å². The number of ether oxygens (including phenoxy) is 1. The summed E-state index contributed by atoms with van der Waals surface area (Å²) in [6.07, 6.45) is 0.833. The van der Waals surface area contributed by atoms with E-state index in [0.717, 1.165) is 19.6 Å². The summed E-state index contributed by atoms with van der Waals surface area (Å²) in [5.41, 5.74) is -0.444. The minimum atomic E-state index is -0.444. The average molecular weight is 285 g/mol. The molecule has 1 amide bonds. The smallest absolute Gasteiger partial charge is 0.407 e. The first-order valence-corrected chi connectivity index (χ1v) is 7.64. The highest BCUT2D eigenvalue weighted by Crippen LogP contribution is 2.12. The van der Waals surface area contributed by atoms with Crippen molar-refractivity contribution in [1.29, 1.82) is 0 Å². The maximum atomic E-state index is 11.6. The molecule has 0 aromatic rings. The molecule has 0 spiro atoms. The quantitative estimate of drug-likeness (QED) is 0.811. The predicted molar refractivity (Wildman–Crippen MR) is 81.9 cm³/mol. The lowest BCUT2D eigenvalue weighted by Gasteiger charge is -2.23. The van der Waals surface area contributed by atoms with Gasteiger partial charge in [0.2, 0.25) is 0 Å². The Bertz CT molecular complexity index is 313. The molecule has 2 unspecified atom stereocenters. The lowest BCUT2D eigenvalue weighted by Crippen LogP contribution is -2.45. The molecule has 2 N–H and O–H groups in total. The van der Waals surface area contributed by atoms with Gasteiger partial charge in [-0.05, 0) is 54.5 Å². The van der Waals surface area contributed by atoms with Crippen LogP contribution in [0.15, 0.2) is 0 Å². The summed E-state index contributed by atoms with van der Waals surface area (Å²) in [6.45, 7) is 15.1. The second kappa shape index (κ2) is 7.27. The first-order chi connectivity index (χ1) is 9.17. The molecule has 5 heteroatoms. The molecule has 1 saturated heterocycles. The van der Waals surface area contributed by atoms with E-state index in [4.69, 9.17) is 4.74 Å². The lowest BCUT2D eigenvalue weighted by molar-refractivity contribution is 0.0507. The minimum absolute atomic E-state index is 0.0675. The van der Waals surface area contributed by atoms with Crippen molar-refractivity contribution < 1.29 is 9.53 Å². The third-order valence-corrected chi connectivity index (χ3v) is 3.43. The number of carbonyl (C=O) groups excluding carboxylic acids is 1. The van der Waals surface area contributed by atoms with Crippen molar-refractivity contribution in [2.75, 3.05) is 19.6 Å². The van der Waals surface area contributed by atoms with E-state index in [2.05, 4.69) is 29.4 Å². The zero-order chi connectivity index (χ0) is 15.3. The first-order valence-electron chi connectivity index (χ1n) is 7.64. The summed E-state index contributed by atoms with van der Waals surface area (Å²) in [5, 5.41) is 6.38. The summed E-state index contributed by atoms with van der Waals surface area (Å²) >= 11 is 0. The van der Waals surface area contributed by atoms with Crippen molar-refractivity contribution in [3.8, 4) is 0 Å². The largest absolute Gasteiger partial charge is 0.444 e. The van der Waals surface area contributed by atoms with Crippen LogP contribution in [0.3, 0.4) is 0 Å². The number of hydrogen-bond donors (Lipinski definition) is 2. The van der Waals surface area contributed by atoms with E-state index in [1.807, 2.05) is 27.7 Å². The fourth-order valence-corrected chi connectivity index (χ4v) is 2.33. The highest BCUT2D eigenvalue weighted by molar-refractivity contribution is 5.68. The molecule has 0 radical (unpaired) electrons. The third kappa shape index (κ3) is 6.57. The van der Waals surface area contributed by atoms with Crippen LogP contribution in [0, 0.1) is 0 Å². The highest BCUT2D eigenvalue weighted by Gasteiger charge is 2.24. The molecule has 0 bridgehead atoms. The third-order valence-electron chi connectivity index (χ3n) is 3.43. The van der Waals surface area contributed by atoms with Crippen LogP contribution in [-0.2, 0) is 4.74 Å². The molecule has 118 valence electrons. The van der Waals surface area contributed by atoms with Crippen LogP contribution in [0.25, 0.3) is 0 Å². The van der Waals surface area contributed by atoms with E-state index >= 15 is 0 Å². The summed E-state index contributed by atoms with van der Waals surface area (Å²) in [4.78, 5) is 14.1. The number of hydrogen-bond acceptors (Lipinski definition) is 4. The summed E-state index contributed by atoms with van der Waals surface area (Å²) in [6, 6.07) is 1.21. The molecule has 5 nitrogen and oxygen atoms in total. The first kappa shape index (κ1) is 17.2. The molecule has 0 aromatic heterocycles. The Morgan fingerprint density at radius 1 is 1.35 bits per heavy atom. The summed E-state index contributed by atoms with van der Waals surface area (Å²) in [7, 11) is 0. The molecule has 1 heterocycles. The summed E-state index contributed by atoms with van der Waals surface area (Å²) < 4.78 is 5.24.